The molecule has 0 fully saturated rings. The first kappa shape index (κ1) is 14.8. The summed E-state index contributed by atoms with van der Waals surface area (Å²) in [7, 11) is 1.57. The maximum absolute atomic E-state index is 12.5. The van der Waals surface area contributed by atoms with Gasteiger partial charge in [0.2, 0.25) is 0 Å². The van der Waals surface area contributed by atoms with Gasteiger partial charge in [0.15, 0.2) is 5.76 Å². The molecule has 1 aromatic heterocycles. The summed E-state index contributed by atoms with van der Waals surface area (Å²) in [5, 5.41) is 12.5. The Morgan fingerprint density at radius 2 is 2.09 bits per heavy atom. The number of carbonyl (C=O) groups excluding carboxylic acids is 1. The number of rotatable bonds is 4. The van der Waals surface area contributed by atoms with Gasteiger partial charge in [-0.05, 0) is 24.3 Å². The molecule has 0 bridgehead atoms. The van der Waals surface area contributed by atoms with Gasteiger partial charge >= 0.3 is 0 Å². The lowest BCUT2D eigenvalue weighted by atomic mass is 10.1. The van der Waals surface area contributed by atoms with Gasteiger partial charge in [-0.1, -0.05) is 24.3 Å². The summed E-state index contributed by atoms with van der Waals surface area (Å²) < 4.78 is 10.9. The monoisotopic (exact) mass is 306 g/mol. The van der Waals surface area contributed by atoms with Gasteiger partial charge < -0.3 is 14.5 Å². The van der Waals surface area contributed by atoms with Crippen LogP contribution in [-0.4, -0.2) is 13.0 Å². The minimum Gasteiger partial charge on any atom is -0.451 e. The third kappa shape index (κ3) is 2.93. The third-order valence-corrected chi connectivity index (χ3v) is 3.44. The van der Waals surface area contributed by atoms with E-state index in [9.17, 15) is 4.79 Å². The second-order valence-electron chi connectivity index (χ2n) is 4.99. The van der Waals surface area contributed by atoms with Crippen molar-refractivity contribution in [3.8, 4) is 6.07 Å². The molecule has 2 aromatic carbocycles. The number of anilines is 1. The van der Waals surface area contributed by atoms with Crippen LogP contribution in [-0.2, 0) is 11.3 Å². The van der Waals surface area contributed by atoms with E-state index in [4.69, 9.17) is 14.4 Å². The Labute approximate surface area is 133 Å². The lowest BCUT2D eigenvalue weighted by molar-refractivity contribution is 0.0992. The fraction of sp³-hybridized carbons (Fsp3) is 0.111. The van der Waals surface area contributed by atoms with E-state index in [0.29, 0.717) is 22.4 Å². The van der Waals surface area contributed by atoms with E-state index in [1.807, 2.05) is 30.3 Å². The van der Waals surface area contributed by atoms with Crippen LogP contribution in [0.25, 0.3) is 11.0 Å². The van der Waals surface area contributed by atoms with Crippen LogP contribution in [0, 0.1) is 11.3 Å². The highest BCUT2D eigenvalue weighted by Gasteiger charge is 2.20. The molecule has 5 nitrogen and oxygen atoms in total. The smallest absolute Gasteiger partial charge is 0.291 e. The Morgan fingerprint density at radius 3 is 2.87 bits per heavy atom. The van der Waals surface area contributed by atoms with Crippen molar-refractivity contribution in [2.75, 3.05) is 12.4 Å². The summed E-state index contributed by atoms with van der Waals surface area (Å²) in [6, 6.07) is 16.2. The number of nitrogens with zero attached hydrogens (tertiary/aromatic N) is 1. The Morgan fingerprint density at radius 1 is 1.26 bits per heavy atom. The summed E-state index contributed by atoms with van der Waals surface area (Å²) in [5.41, 5.74) is 2.36. The molecule has 0 atom stereocenters. The largest absolute Gasteiger partial charge is 0.451 e. The predicted molar refractivity (Wildman–Crippen MR) is 86.0 cm³/mol. The molecule has 0 spiro atoms. The zero-order valence-electron chi connectivity index (χ0n) is 12.5. The molecule has 0 radical (unpaired) electrons. The van der Waals surface area contributed by atoms with E-state index in [0.717, 1.165) is 5.39 Å². The molecule has 0 unspecified atom stereocenters. The zero-order chi connectivity index (χ0) is 16.2. The summed E-state index contributed by atoms with van der Waals surface area (Å²) in [5.74, 6) is -0.154. The van der Waals surface area contributed by atoms with Crippen molar-refractivity contribution in [3.63, 3.8) is 0 Å². The number of para-hydroxylation sites is 1. The van der Waals surface area contributed by atoms with Crippen LogP contribution in [0.5, 0.6) is 0 Å². The average molecular weight is 306 g/mol. The van der Waals surface area contributed by atoms with Crippen LogP contribution >= 0.6 is 0 Å². The highest BCUT2D eigenvalue weighted by Crippen LogP contribution is 2.27. The fourth-order valence-corrected chi connectivity index (χ4v) is 2.42. The molecule has 0 aliphatic heterocycles. The lowest BCUT2D eigenvalue weighted by Crippen LogP contribution is -2.13. The second-order valence-corrected chi connectivity index (χ2v) is 4.99. The fourth-order valence-electron chi connectivity index (χ4n) is 2.42. The molecule has 1 N–H and O–H groups in total. The minimum atomic E-state index is -0.372. The normalized spacial score (nSPS) is 10.4. The number of methoxy groups -OCH3 is 1. The molecule has 1 amide bonds. The summed E-state index contributed by atoms with van der Waals surface area (Å²) in [6.45, 7) is 0.276. The van der Waals surface area contributed by atoms with E-state index >= 15 is 0 Å². The minimum absolute atomic E-state index is 0.218. The molecule has 23 heavy (non-hydrogen) atoms. The number of amides is 1. The number of fused-ring (bicyclic) bond motifs is 1. The van der Waals surface area contributed by atoms with Crippen LogP contribution in [0.1, 0.15) is 21.7 Å². The van der Waals surface area contributed by atoms with Gasteiger partial charge in [0.05, 0.1) is 18.2 Å². The summed E-state index contributed by atoms with van der Waals surface area (Å²) in [4.78, 5) is 12.5. The number of hydrogen-bond acceptors (Lipinski definition) is 4. The third-order valence-electron chi connectivity index (χ3n) is 3.44. The number of carbonyl (C=O) groups is 1. The topological polar surface area (TPSA) is 75.3 Å². The number of ether oxygens (including phenoxy) is 1. The molecule has 0 saturated carbocycles. The Kier molecular flexibility index (Phi) is 4.09. The lowest BCUT2D eigenvalue weighted by Gasteiger charge is -2.05. The highest BCUT2D eigenvalue weighted by atomic mass is 16.5. The maximum Gasteiger partial charge on any atom is 0.291 e. The predicted octanol–water partition coefficient (Wildman–Crippen LogP) is 3.70. The maximum atomic E-state index is 12.5. The first-order valence-electron chi connectivity index (χ1n) is 7.04. The van der Waals surface area contributed by atoms with Gasteiger partial charge in [0.25, 0.3) is 5.91 Å². The molecule has 3 rings (SSSR count). The number of nitriles is 1. The van der Waals surface area contributed by atoms with Crippen molar-refractivity contribution < 1.29 is 13.9 Å². The molecular formula is C18H14N2O3. The van der Waals surface area contributed by atoms with Crippen LogP contribution in [0.4, 0.5) is 5.69 Å². The van der Waals surface area contributed by atoms with Gasteiger partial charge in [0, 0.05) is 23.7 Å². The number of furan rings is 1. The van der Waals surface area contributed by atoms with Crippen molar-refractivity contribution >= 4 is 22.6 Å². The van der Waals surface area contributed by atoms with Crippen LogP contribution in [0.2, 0.25) is 0 Å². The van der Waals surface area contributed by atoms with Crippen LogP contribution in [0.3, 0.4) is 0 Å². The molecule has 0 aliphatic carbocycles. The first-order chi connectivity index (χ1) is 11.2. The Hall–Kier alpha value is -3.10. The first-order valence-corrected chi connectivity index (χ1v) is 7.04. The van der Waals surface area contributed by atoms with Crippen molar-refractivity contribution in [3.05, 3.63) is 65.4 Å². The molecule has 5 heteroatoms. The van der Waals surface area contributed by atoms with Gasteiger partial charge in [0.1, 0.15) is 5.58 Å². The van der Waals surface area contributed by atoms with Crippen molar-refractivity contribution in [2.45, 2.75) is 6.61 Å². The molecule has 0 saturated heterocycles. The van der Waals surface area contributed by atoms with Gasteiger partial charge in [-0.3, -0.25) is 4.79 Å². The SMILES string of the molecule is COCc1c(C(=O)Nc2cccc(C#N)c2)oc2ccccc12. The molecule has 114 valence electrons. The van der Waals surface area contributed by atoms with Crippen LogP contribution < -0.4 is 5.32 Å². The number of nitrogens with one attached hydrogen (secondary N) is 1. The van der Waals surface area contributed by atoms with Gasteiger partial charge in [-0.2, -0.15) is 5.26 Å². The van der Waals surface area contributed by atoms with Gasteiger partial charge in [-0.15, -0.1) is 0 Å². The van der Waals surface area contributed by atoms with E-state index in [1.54, 1.807) is 31.4 Å². The van der Waals surface area contributed by atoms with Crippen LogP contribution in [0.15, 0.2) is 52.9 Å². The second kappa shape index (κ2) is 6.34. The van der Waals surface area contributed by atoms with E-state index < -0.39 is 0 Å². The van der Waals surface area contributed by atoms with Gasteiger partial charge in [-0.25, -0.2) is 0 Å². The number of benzene rings is 2. The number of hydrogen-bond donors (Lipinski definition) is 1. The standard InChI is InChI=1S/C18H14N2O3/c1-22-11-15-14-7-2-3-8-16(14)23-17(15)18(21)20-13-6-4-5-12(9-13)10-19/h2-9H,11H2,1H3,(H,20,21). The van der Waals surface area contributed by atoms with Crippen molar-refractivity contribution in [2.24, 2.45) is 0 Å². The highest BCUT2D eigenvalue weighted by molar-refractivity contribution is 6.06. The Balaban J connectivity index is 1.97. The van der Waals surface area contributed by atoms with Crippen molar-refractivity contribution in [1.82, 2.24) is 0 Å². The quantitative estimate of drug-likeness (QED) is 0.797. The van der Waals surface area contributed by atoms with E-state index in [-0.39, 0.29) is 18.3 Å². The zero-order valence-corrected chi connectivity index (χ0v) is 12.5. The molecule has 0 aliphatic rings. The van der Waals surface area contributed by atoms with Crippen molar-refractivity contribution in [1.29, 1.82) is 5.26 Å². The average Bonchev–Trinajstić information content (AvgIpc) is 2.94. The van der Waals surface area contributed by atoms with E-state index in [2.05, 4.69) is 5.32 Å². The Bertz CT molecular complexity index is 906. The summed E-state index contributed by atoms with van der Waals surface area (Å²) >= 11 is 0. The summed E-state index contributed by atoms with van der Waals surface area (Å²) in [6.07, 6.45) is 0. The molecular weight excluding hydrogens is 292 g/mol. The molecule has 3 aromatic rings. The van der Waals surface area contributed by atoms with E-state index in [1.165, 1.54) is 0 Å². The molecule has 1 heterocycles.